The fourth-order valence-electron chi connectivity index (χ4n) is 1.55. The Bertz CT molecular complexity index is 215. The van der Waals surface area contributed by atoms with Gasteiger partial charge in [-0.15, -0.1) is 0 Å². The van der Waals surface area contributed by atoms with Gasteiger partial charge in [-0.25, -0.2) is 0 Å². The molecule has 1 atom stereocenters. The van der Waals surface area contributed by atoms with Gasteiger partial charge in [0.2, 0.25) is 0 Å². The molecule has 2 rings (SSSR count). The fraction of sp³-hybridized carbons (Fsp3) is 0.545. The van der Waals surface area contributed by atoms with Crippen LogP contribution in [-0.2, 0) is 0 Å². The Morgan fingerprint density at radius 2 is 2.31 bits per heavy atom. The lowest BCUT2D eigenvalue weighted by molar-refractivity contribution is 0.645. The molecule has 1 N–H and O–H groups in total. The predicted molar refractivity (Wildman–Crippen MR) is 55.6 cm³/mol. The van der Waals surface area contributed by atoms with Crippen molar-refractivity contribution in [2.75, 3.05) is 6.54 Å². The maximum absolute atomic E-state index is 4.09. The zero-order valence-corrected chi connectivity index (χ0v) is 8.46. The van der Waals surface area contributed by atoms with Crippen LogP contribution in [-0.4, -0.2) is 11.5 Å². The molecular formula is C11H18N2. The molecule has 1 saturated heterocycles. The first kappa shape index (κ1) is 10.2. The number of hydrogen-bond donors (Lipinski definition) is 1. The van der Waals surface area contributed by atoms with Crippen LogP contribution in [0.5, 0.6) is 0 Å². The molecule has 1 aliphatic rings. The fourth-order valence-corrected chi connectivity index (χ4v) is 1.55. The molecule has 13 heavy (non-hydrogen) atoms. The second-order valence-corrected chi connectivity index (χ2v) is 2.94. The van der Waals surface area contributed by atoms with E-state index in [9.17, 15) is 0 Å². The quantitative estimate of drug-likeness (QED) is 0.714. The van der Waals surface area contributed by atoms with Crippen LogP contribution in [0.25, 0.3) is 0 Å². The Hall–Kier alpha value is -0.890. The zero-order valence-electron chi connectivity index (χ0n) is 8.46. The molecule has 0 amide bonds. The highest BCUT2D eigenvalue weighted by Gasteiger charge is 2.15. The molecule has 2 heterocycles. The molecule has 1 fully saturated rings. The van der Waals surface area contributed by atoms with Crippen LogP contribution >= 0.6 is 0 Å². The van der Waals surface area contributed by atoms with Gasteiger partial charge in [0, 0.05) is 18.4 Å². The van der Waals surface area contributed by atoms with Gasteiger partial charge in [0.25, 0.3) is 0 Å². The van der Waals surface area contributed by atoms with Gasteiger partial charge in [-0.1, -0.05) is 19.9 Å². The summed E-state index contributed by atoms with van der Waals surface area (Å²) in [6.07, 6.45) is 6.31. The van der Waals surface area contributed by atoms with Crippen molar-refractivity contribution in [2.24, 2.45) is 0 Å². The highest BCUT2D eigenvalue weighted by atomic mass is 14.9. The van der Waals surface area contributed by atoms with E-state index in [0.29, 0.717) is 6.04 Å². The van der Waals surface area contributed by atoms with E-state index in [1.165, 1.54) is 18.4 Å². The molecule has 0 aromatic carbocycles. The zero-order chi connectivity index (χ0) is 9.52. The van der Waals surface area contributed by atoms with Crippen molar-refractivity contribution in [3.8, 4) is 0 Å². The minimum atomic E-state index is 0.559. The summed E-state index contributed by atoms with van der Waals surface area (Å²) < 4.78 is 0. The predicted octanol–water partition coefficient (Wildman–Crippen LogP) is 2.53. The molecule has 72 valence electrons. The van der Waals surface area contributed by atoms with Crippen molar-refractivity contribution in [3.63, 3.8) is 0 Å². The van der Waals surface area contributed by atoms with Crippen LogP contribution in [0.1, 0.15) is 38.3 Å². The smallest absolute Gasteiger partial charge is 0.0335 e. The summed E-state index contributed by atoms with van der Waals surface area (Å²) in [5.74, 6) is 0. The molecule has 0 saturated carbocycles. The van der Waals surface area contributed by atoms with Crippen LogP contribution in [0.15, 0.2) is 24.5 Å². The Morgan fingerprint density at radius 1 is 1.46 bits per heavy atom. The average Bonchev–Trinajstić information content (AvgIpc) is 2.75. The minimum absolute atomic E-state index is 0.559. The van der Waals surface area contributed by atoms with Gasteiger partial charge in [-0.05, 0) is 31.0 Å². The van der Waals surface area contributed by atoms with Gasteiger partial charge in [-0.3, -0.25) is 4.98 Å². The maximum Gasteiger partial charge on any atom is 0.0335 e. The molecule has 0 bridgehead atoms. The van der Waals surface area contributed by atoms with Crippen molar-refractivity contribution in [3.05, 3.63) is 30.1 Å². The van der Waals surface area contributed by atoms with E-state index in [4.69, 9.17) is 0 Å². The van der Waals surface area contributed by atoms with Crippen LogP contribution in [0.4, 0.5) is 0 Å². The lowest BCUT2D eigenvalue weighted by Crippen LogP contribution is -2.12. The van der Waals surface area contributed by atoms with E-state index in [-0.39, 0.29) is 0 Å². The highest BCUT2D eigenvalue weighted by Crippen LogP contribution is 2.21. The summed E-state index contributed by atoms with van der Waals surface area (Å²) in [5, 5.41) is 3.43. The van der Waals surface area contributed by atoms with Gasteiger partial charge in [0.1, 0.15) is 0 Å². The SMILES string of the molecule is CC.c1cncc(C2CCCN2)c1. The van der Waals surface area contributed by atoms with E-state index < -0.39 is 0 Å². The summed E-state index contributed by atoms with van der Waals surface area (Å²) in [7, 11) is 0. The van der Waals surface area contributed by atoms with Gasteiger partial charge in [0.15, 0.2) is 0 Å². The molecular weight excluding hydrogens is 160 g/mol. The second-order valence-electron chi connectivity index (χ2n) is 2.94. The highest BCUT2D eigenvalue weighted by molar-refractivity contribution is 5.14. The van der Waals surface area contributed by atoms with Gasteiger partial charge < -0.3 is 5.32 Å². The lowest BCUT2D eigenvalue weighted by Gasteiger charge is -2.08. The molecule has 1 aromatic rings. The summed E-state index contributed by atoms with van der Waals surface area (Å²) in [5.41, 5.74) is 1.32. The molecule has 1 aliphatic heterocycles. The van der Waals surface area contributed by atoms with Crippen LogP contribution in [0.2, 0.25) is 0 Å². The number of pyridine rings is 1. The van der Waals surface area contributed by atoms with Gasteiger partial charge in [0.05, 0.1) is 0 Å². The summed E-state index contributed by atoms with van der Waals surface area (Å²) in [4.78, 5) is 4.09. The van der Waals surface area contributed by atoms with Gasteiger partial charge in [-0.2, -0.15) is 0 Å². The summed E-state index contributed by atoms with van der Waals surface area (Å²) in [6.45, 7) is 5.15. The van der Waals surface area contributed by atoms with Crippen LogP contribution in [0.3, 0.4) is 0 Å². The summed E-state index contributed by atoms with van der Waals surface area (Å²) in [6, 6.07) is 4.69. The van der Waals surface area contributed by atoms with Gasteiger partial charge >= 0.3 is 0 Å². The van der Waals surface area contributed by atoms with Crippen molar-refractivity contribution in [1.29, 1.82) is 0 Å². The standard InChI is InChI=1S/C9H12N2.C2H6/c1-3-8(7-10-5-1)9-4-2-6-11-9;1-2/h1,3,5,7,9,11H,2,4,6H2;1-2H3. The largest absolute Gasteiger partial charge is 0.310 e. The third kappa shape index (κ3) is 2.81. The Labute approximate surface area is 80.4 Å². The van der Waals surface area contributed by atoms with E-state index in [1.807, 2.05) is 32.3 Å². The van der Waals surface area contributed by atoms with Crippen molar-refractivity contribution in [1.82, 2.24) is 10.3 Å². The first-order valence-electron chi connectivity index (χ1n) is 5.10. The first-order valence-corrected chi connectivity index (χ1v) is 5.10. The number of rotatable bonds is 1. The number of aromatic nitrogens is 1. The average molecular weight is 178 g/mol. The van der Waals surface area contributed by atoms with E-state index in [1.54, 1.807) is 0 Å². The molecule has 0 aliphatic carbocycles. The molecule has 1 unspecified atom stereocenters. The molecule has 0 radical (unpaired) electrons. The molecule has 2 heteroatoms. The monoisotopic (exact) mass is 178 g/mol. The lowest BCUT2D eigenvalue weighted by atomic mass is 10.1. The van der Waals surface area contributed by atoms with Crippen molar-refractivity contribution >= 4 is 0 Å². The van der Waals surface area contributed by atoms with Crippen molar-refractivity contribution < 1.29 is 0 Å². The van der Waals surface area contributed by atoms with Crippen molar-refractivity contribution in [2.45, 2.75) is 32.7 Å². The van der Waals surface area contributed by atoms with E-state index in [0.717, 1.165) is 6.54 Å². The van der Waals surface area contributed by atoms with Crippen LogP contribution < -0.4 is 5.32 Å². The Kier molecular flexibility index (Phi) is 4.47. The third-order valence-electron chi connectivity index (χ3n) is 2.15. The first-order chi connectivity index (χ1) is 6.47. The number of nitrogens with one attached hydrogen (secondary N) is 1. The molecule has 0 spiro atoms. The van der Waals surface area contributed by atoms with E-state index >= 15 is 0 Å². The Morgan fingerprint density at radius 3 is 2.85 bits per heavy atom. The molecule has 2 nitrogen and oxygen atoms in total. The number of hydrogen-bond acceptors (Lipinski definition) is 2. The Balaban J connectivity index is 0.000000396. The topological polar surface area (TPSA) is 24.9 Å². The van der Waals surface area contributed by atoms with E-state index in [2.05, 4.69) is 16.4 Å². The normalized spacial score (nSPS) is 20.6. The second kappa shape index (κ2) is 5.70. The molecule has 1 aromatic heterocycles. The summed E-state index contributed by atoms with van der Waals surface area (Å²) >= 11 is 0. The third-order valence-corrected chi connectivity index (χ3v) is 2.15. The van der Waals surface area contributed by atoms with Crippen LogP contribution in [0, 0.1) is 0 Å². The minimum Gasteiger partial charge on any atom is -0.310 e. The maximum atomic E-state index is 4.09. The number of nitrogens with zero attached hydrogens (tertiary/aromatic N) is 1.